The van der Waals surface area contributed by atoms with Gasteiger partial charge in [0.25, 0.3) is 0 Å². The highest BCUT2D eigenvalue weighted by Gasteiger charge is 2.16. The maximum Gasteiger partial charge on any atom is 0.240 e. The predicted octanol–water partition coefficient (Wildman–Crippen LogP) is 0.851. The summed E-state index contributed by atoms with van der Waals surface area (Å²) in [4.78, 5) is -0.292. The molecule has 1 aromatic carbocycles. The Hall–Kier alpha value is -1.05. The number of likely N-dealkylation sites (N-methyl/N-ethyl adjacent to an activating group) is 1. The summed E-state index contributed by atoms with van der Waals surface area (Å²) in [6.07, 6.45) is 0. The smallest absolute Gasteiger partial charge is 0.240 e. The first-order valence-electron chi connectivity index (χ1n) is 4.99. The molecule has 0 bridgehead atoms. The average Bonchev–Trinajstić information content (AvgIpc) is 2.29. The number of hydrogen-bond donors (Lipinski definition) is 2. The lowest BCUT2D eigenvalue weighted by Crippen LogP contribution is -2.37. The van der Waals surface area contributed by atoms with Crippen LogP contribution < -0.4 is 10.0 Å². The van der Waals surface area contributed by atoms with Crippen molar-refractivity contribution < 1.29 is 17.2 Å². The van der Waals surface area contributed by atoms with E-state index in [1.54, 1.807) is 14.0 Å². The minimum absolute atomic E-state index is 0.0601. The van der Waals surface area contributed by atoms with E-state index in [0.29, 0.717) is 6.07 Å². The number of benzene rings is 1. The molecule has 0 heterocycles. The van der Waals surface area contributed by atoms with Crippen LogP contribution in [-0.2, 0) is 10.0 Å². The van der Waals surface area contributed by atoms with Crippen molar-refractivity contribution in [1.29, 1.82) is 0 Å². The zero-order chi connectivity index (χ0) is 13.1. The monoisotopic (exact) mass is 264 g/mol. The third-order valence-electron chi connectivity index (χ3n) is 2.27. The lowest BCUT2D eigenvalue weighted by molar-refractivity contribution is 0.503. The van der Waals surface area contributed by atoms with Crippen molar-refractivity contribution in [2.75, 3.05) is 13.6 Å². The molecule has 1 rings (SSSR count). The highest BCUT2D eigenvalue weighted by Crippen LogP contribution is 2.13. The van der Waals surface area contributed by atoms with Gasteiger partial charge >= 0.3 is 0 Å². The van der Waals surface area contributed by atoms with E-state index in [4.69, 9.17) is 0 Å². The Morgan fingerprint density at radius 3 is 2.47 bits per heavy atom. The summed E-state index contributed by atoms with van der Waals surface area (Å²) < 4.78 is 51.2. The first-order chi connectivity index (χ1) is 7.86. The van der Waals surface area contributed by atoms with E-state index in [2.05, 4.69) is 10.0 Å². The molecule has 0 aromatic heterocycles. The van der Waals surface area contributed by atoms with E-state index in [1.165, 1.54) is 0 Å². The molecule has 2 N–H and O–H groups in total. The first kappa shape index (κ1) is 14.0. The highest BCUT2D eigenvalue weighted by atomic mass is 32.2. The molecule has 0 spiro atoms. The van der Waals surface area contributed by atoms with E-state index >= 15 is 0 Å². The van der Waals surface area contributed by atoms with Gasteiger partial charge < -0.3 is 5.32 Å². The number of nitrogens with one attached hydrogen (secondary N) is 2. The van der Waals surface area contributed by atoms with Gasteiger partial charge in [0.15, 0.2) is 11.6 Å². The van der Waals surface area contributed by atoms with Crippen molar-refractivity contribution in [1.82, 2.24) is 10.0 Å². The van der Waals surface area contributed by atoms with Gasteiger partial charge in [-0.1, -0.05) is 0 Å². The lowest BCUT2D eigenvalue weighted by atomic mass is 10.3. The van der Waals surface area contributed by atoms with Crippen LogP contribution in [0.2, 0.25) is 0 Å². The van der Waals surface area contributed by atoms with Gasteiger partial charge in [0, 0.05) is 12.6 Å². The Morgan fingerprint density at radius 2 is 1.94 bits per heavy atom. The van der Waals surface area contributed by atoms with Crippen LogP contribution in [0.1, 0.15) is 6.92 Å². The van der Waals surface area contributed by atoms with Crippen LogP contribution in [0.25, 0.3) is 0 Å². The molecule has 0 radical (unpaired) electrons. The fourth-order valence-corrected chi connectivity index (χ4v) is 2.21. The number of rotatable bonds is 5. The summed E-state index contributed by atoms with van der Waals surface area (Å²) in [5, 5.41) is 2.85. The molecule has 0 saturated heterocycles. The summed E-state index contributed by atoms with van der Waals surface area (Å²) in [5.74, 6) is -2.26. The quantitative estimate of drug-likeness (QED) is 0.829. The standard InChI is InChI=1S/C10H14F2N2O2S/c1-7(13-2)6-14-17(15,16)8-3-4-9(11)10(12)5-8/h3-5,7,13-14H,6H2,1-2H3. The topological polar surface area (TPSA) is 58.2 Å². The third-order valence-corrected chi connectivity index (χ3v) is 3.69. The van der Waals surface area contributed by atoms with Gasteiger partial charge in [0.1, 0.15) is 0 Å². The van der Waals surface area contributed by atoms with Crippen molar-refractivity contribution in [2.45, 2.75) is 17.9 Å². The van der Waals surface area contributed by atoms with Crippen molar-refractivity contribution in [2.24, 2.45) is 0 Å². The Bertz CT molecular complexity index is 491. The van der Waals surface area contributed by atoms with Crippen molar-refractivity contribution in [3.8, 4) is 0 Å². The average molecular weight is 264 g/mol. The number of halogens is 2. The van der Waals surface area contributed by atoms with Gasteiger partial charge in [0.05, 0.1) is 4.90 Å². The molecular formula is C10H14F2N2O2S. The zero-order valence-electron chi connectivity index (χ0n) is 9.50. The van der Waals surface area contributed by atoms with Crippen LogP contribution in [0, 0.1) is 11.6 Å². The third kappa shape index (κ3) is 3.72. The molecule has 0 aliphatic carbocycles. The van der Waals surface area contributed by atoms with Gasteiger partial charge in [-0.3, -0.25) is 0 Å². The van der Waals surface area contributed by atoms with Crippen LogP contribution >= 0.6 is 0 Å². The molecule has 17 heavy (non-hydrogen) atoms. The SMILES string of the molecule is CNC(C)CNS(=O)(=O)c1ccc(F)c(F)c1. The van der Waals surface area contributed by atoms with Crippen LogP contribution in [0.15, 0.2) is 23.1 Å². The Kier molecular flexibility index (Phi) is 4.55. The van der Waals surface area contributed by atoms with Crippen molar-refractivity contribution in [3.05, 3.63) is 29.8 Å². The number of sulfonamides is 1. The largest absolute Gasteiger partial charge is 0.316 e. The van der Waals surface area contributed by atoms with E-state index in [9.17, 15) is 17.2 Å². The molecule has 7 heteroatoms. The van der Waals surface area contributed by atoms with E-state index in [-0.39, 0.29) is 17.5 Å². The first-order valence-corrected chi connectivity index (χ1v) is 6.47. The summed E-state index contributed by atoms with van der Waals surface area (Å²) in [6, 6.07) is 2.40. The van der Waals surface area contributed by atoms with Gasteiger partial charge in [-0.05, 0) is 32.2 Å². The second kappa shape index (κ2) is 5.52. The van der Waals surface area contributed by atoms with E-state index < -0.39 is 21.7 Å². The second-order valence-corrected chi connectivity index (χ2v) is 5.38. The maximum absolute atomic E-state index is 12.9. The minimum atomic E-state index is -3.80. The molecule has 1 aromatic rings. The Labute approximate surface area is 99.1 Å². The predicted molar refractivity (Wildman–Crippen MR) is 60.1 cm³/mol. The molecule has 0 aliphatic heterocycles. The Balaban J connectivity index is 2.86. The Morgan fingerprint density at radius 1 is 1.29 bits per heavy atom. The van der Waals surface area contributed by atoms with Crippen LogP contribution in [0.3, 0.4) is 0 Å². The molecule has 1 unspecified atom stereocenters. The zero-order valence-corrected chi connectivity index (χ0v) is 10.3. The summed E-state index contributed by atoms with van der Waals surface area (Å²) >= 11 is 0. The molecule has 0 aliphatic rings. The van der Waals surface area contributed by atoms with Gasteiger partial charge in [-0.25, -0.2) is 21.9 Å². The van der Waals surface area contributed by atoms with Crippen LogP contribution in [0.5, 0.6) is 0 Å². The highest BCUT2D eigenvalue weighted by molar-refractivity contribution is 7.89. The maximum atomic E-state index is 12.9. The lowest BCUT2D eigenvalue weighted by Gasteiger charge is -2.11. The second-order valence-electron chi connectivity index (χ2n) is 3.62. The molecule has 96 valence electrons. The number of hydrogen-bond acceptors (Lipinski definition) is 3. The normalized spacial score (nSPS) is 13.6. The van der Waals surface area contributed by atoms with Gasteiger partial charge in [-0.15, -0.1) is 0 Å². The molecule has 0 saturated carbocycles. The fraction of sp³-hybridized carbons (Fsp3) is 0.400. The van der Waals surface area contributed by atoms with E-state index in [0.717, 1.165) is 12.1 Å². The molecule has 4 nitrogen and oxygen atoms in total. The van der Waals surface area contributed by atoms with Crippen LogP contribution in [-0.4, -0.2) is 28.1 Å². The minimum Gasteiger partial charge on any atom is -0.316 e. The molecule has 0 fully saturated rings. The summed E-state index contributed by atoms with van der Waals surface area (Å²) in [5.41, 5.74) is 0. The fourth-order valence-electron chi connectivity index (χ4n) is 1.06. The molecular weight excluding hydrogens is 250 g/mol. The van der Waals surface area contributed by atoms with Crippen molar-refractivity contribution >= 4 is 10.0 Å². The molecule has 0 amide bonds. The van der Waals surface area contributed by atoms with Gasteiger partial charge in [0.2, 0.25) is 10.0 Å². The van der Waals surface area contributed by atoms with Gasteiger partial charge in [-0.2, -0.15) is 0 Å². The van der Waals surface area contributed by atoms with Crippen LogP contribution in [0.4, 0.5) is 8.78 Å². The summed E-state index contributed by atoms with van der Waals surface area (Å²) in [7, 11) is -2.11. The van der Waals surface area contributed by atoms with E-state index in [1.807, 2.05) is 0 Å². The molecule has 1 atom stereocenters. The summed E-state index contributed by atoms with van der Waals surface area (Å²) in [6.45, 7) is 1.95. The van der Waals surface area contributed by atoms with Crippen molar-refractivity contribution in [3.63, 3.8) is 0 Å².